The number of aliphatic imine (C=N–C) groups is 1. The zero-order chi connectivity index (χ0) is 17.6. The number of nitrogens with zero attached hydrogens (tertiary/aromatic N) is 5. The second-order valence-electron chi connectivity index (χ2n) is 5.97. The summed E-state index contributed by atoms with van der Waals surface area (Å²) in [4.78, 5) is 6.58. The molecule has 0 radical (unpaired) electrons. The highest BCUT2D eigenvalue weighted by Gasteiger charge is 2.25. The van der Waals surface area contributed by atoms with Crippen LogP contribution in [0.15, 0.2) is 41.7 Å². The number of rotatable bonds is 3. The molecule has 1 unspecified atom stereocenters. The third-order valence-electron chi connectivity index (χ3n) is 4.18. The molecule has 0 amide bonds. The molecular formula is C18H22N6O. The number of morpholine rings is 1. The molecule has 2 heterocycles. The summed E-state index contributed by atoms with van der Waals surface area (Å²) in [6, 6.07) is 9.75. The lowest BCUT2D eigenvalue weighted by atomic mass is 10.1. The van der Waals surface area contributed by atoms with Gasteiger partial charge in [-0.3, -0.25) is 9.67 Å². The maximum absolute atomic E-state index is 9.01. The molecule has 1 N–H and O–H groups in total. The van der Waals surface area contributed by atoms with Crippen molar-refractivity contribution in [3.8, 4) is 6.07 Å². The van der Waals surface area contributed by atoms with Gasteiger partial charge in [0.05, 0.1) is 31.0 Å². The smallest absolute Gasteiger partial charge is 0.194 e. The average Bonchev–Trinajstić information content (AvgIpc) is 3.09. The van der Waals surface area contributed by atoms with Crippen LogP contribution in [-0.2, 0) is 18.3 Å². The van der Waals surface area contributed by atoms with Gasteiger partial charge in [0, 0.05) is 38.9 Å². The summed E-state index contributed by atoms with van der Waals surface area (Å²) in [5.41, 5.74) is 2.79. The Bertz CT molecular complexity index is 791. The van der Waals surface area contributed by atoms with Crippen molar-refractivity contribution in [2.24, 2.45) is 12.0 Å². The number of guanidine groups is 1. The Morgan fingerprint density at radius 2 is 2.40 bits per heavy atom. The first kappa shape index (κ1) is 17.0. The van der Waals surface area contributed by atoms with Crippen LogP contribution in [0.5, 0.6) is 0 Å². The number of hydrogen-bond donors (Lipinski definition) is 1. The second kappa shape index (κ2) is 7.81. The molecule has 7 heteroatoms. The van der Waals surface area contributed by atoms with Gasteiger partial charge in [-0.25, -0.2) is 0 Å². The highest BCUT2D eigenvalue weighted by molar-refractivity contribution is 5.80. The highest BCUT2D eigenvalue weighted by Crippen LogP contribution is 2.21. The van der Waals surface area contributed by atoms with Gasteiger partial charge in [-0.15, -0.1) is 0 Å². The second-order valence-corrected chi connectivity index (χ2v) is 5.97. The Morgan fingerprint density at radius 3 is 3.12 bits per heavy atom. The van der Waals surface area contributed by atoms with Crippen LogP contribution in [0.1, 0.15) is 22.8 Å². The number of aromatic nitrogens is 2. The molecule has 7 nitrogen and oxygen atoms in total. The summed E-state index contributed by atoms with van der Waals surface area (Å²) in [6.07, 6.45) is 3.82. The van der Waals surface area contributed by atoms with E-state index < -0.39 is 0 Å². The van der Waals surface area contributed by atoms with Crippen LogP contribution in [-0.4, -0.2) is 47.4 Å². The van der Waals surface area contributed by atoms with Crippen LogP contribution in [0, 0.1) is 11.3 Å². The predicted molar refractivity (Wildman–Crippen MR) is 94.8 cm³/mol. The molecule has 1 aliphatic heterocycles. The first-order chi connectivity index (χ1) is 12.2. The topological polar surface area (TPSA) is 78.5 Å². The zero-order valence-electron chi connectivity index (χ0n) is 14.5. The minimum Gasteiger partial charge on any atom is -0.370 e. The van der Waals surface area contributed by atoms with Crippen LogP contribution in [0.4, 0.5) is 0 Å². The Labute approximate surface area is 147 Å². The lowest BCUT2D eigenvalue weighted by Gasteiger charge is -2.34. The van der Waals surface area contributed by atoms with Gasteiger partial charge in [0.1, 0.15) is 6.10 Å². The molecule has 0 aliphatic carbocycles. The number of hydrogen-bond acceptors (Lipinski definition) is 4. The minimum atomic E-state index is -0.0112. The van der Waals surface area contributed by atoms with E-state index >= 15 is 0 Å². The fourth-order valence-electron chi connectivity index (χ4n) is 2.91. The van der Waals surface area contributed by atoms with Crippen molar-refractivity contribution in [1.29, 1.82) is 5.26 Å². The highest BCUT2D eigenvalue weighted by atomic mass is 16.5. The third kappa shape index (κ3) is 4.17. The number of nitriles is 1. The fraction of sp³-hybridized carbons (Fsp3) is 0.389. The standard InChI is InChI=1S/C18H22N6O/c1-20-18(21-10-15-5-3-4-14(8-15)9-19)24-6-7-25-17(13-24)16-11-22-23(2)12-16/h3-5,8,11-12,17H,6-7,10,13H2,1-2H3,(H,20,21). The lowest BCUT2D eigenvalue weighted by Crippen LogP contribution is -2.47. The summed E-state index contributed by atoms with van der Waals surface area (Å²) in [6.45, 7) is 2.78. The van der Waals surface area contributed by atoms with Gasteiger partial charge < -0.3 is 15.0 Å². The van der Waals surface area contributed by atoms with Gasteiger partial charge in [-0.1, -0.05) is 12.1 Å². The van der Waals surface area contributed by atoms with E-state index in [1.807, 2.05) is 37.6 Å². The molecule has 3 rings (SSSR count). The minimum absolute atomic E-state index is 0.0112. The van der Waals surface area contributed by atoms with E-state index in [0.717, 1.165) is 30.2 Å². The van der Waals surface area contributed by atoms with Crippen molar-refractivity contribution >= 4 is 5.96 Å². The van der Waals surface area contributed by atoms with Crippen molar-refractivity contribution in [2.75, 3.05) is 26.7 Å². The van der Waals surface area contributed by atoms with E-state index in [1.54, 1.807) is 17.8 Å². The van der Waals surface area contributed by atoms with Crippen LogP contribution in [0.3, 0.4) is 0 Å². The van der Waals surface area contributed by atoms with E-state index in [1.165, 1.54) is 0 Å². The summed E-state index contributed by atoms with van der Waals surface area (Å²) in [5, 5.41) is 16.6. The van der Waals surface area contributed by atoms with E-state index in [9.17, 15) is 0 Å². The molecule has 1 aromatic heterocycles. The Kier molecular flexibility index (Phi) is 5.31. The summed E-state index contributed by atoms with van der Waals surface area (Å²) in [5.74, 6) is 0.833. The largest absolute Gasteiger partial charge is 0.370 e. The monoisotopic (exact) mass is 338 g/mol. The SMILES string of the molecule is CN=C(NCc1cccc(C#N)c1)N1CCOC(c2cnn(C)c2)C1. The molecule has 25 heavy (non-hydrogen) atoms. The maximum atomic E-state index is 9.01. The normalized spacial score (nSPS) is 18.0. The van der Waals surface area contributed by atoms with E-state index in [-0.39, 0.29) is 6.10 Å². The maximum Gasteiger partial charge on any atom is 0.194 e. The Morgan fingerprint density at radius 1 is 1.52 bits per heavy atom. The molecule has 2 aromatic rings. The molecule has 0 spiro atoms. The molecule has 1 atom stereocenters. The van der Waals surface area contributed by atoms with Crippen molar-refractivity contribution in [3.63, 3.8) is 0 Å². The number of benzene rings is 1. The van der Waals surface area contributed by atoms with Gasteiger partial charge in [-0.05, 0) is 17.7 Å². The molecule has 0 bridgehead atoms. The quantitative estimate of drug-likeness (QED) is 0.677. The molecule has 1 fully saturated rings. The van der Waals surface area contributed by atoms with Crippen molar-refractivity contribution in [1.82, 2.24) is 20.0 Å². The van der Waals surface area contributed by atoms with Gasteiger partial charge >= 0.3 is 0 Å². The lowest BCUT2D eigenvalue weighted by molar-refractivity contribution is -0.00805. The molecule has 1 aromatic carbocycles. The van der Waals surface area contributed by atoms with Gasteiger partial charge in [0.15, 0.2) is 5.96 Å². The summed E-state index contributed by atoms with van der Waals surface area (Å²) >= 11 is 0. The first-order valence-corrected chi connectivity index (χ1v) is 8.24. The Balaban J connectivity index is 1.63. The number of aryl methyl sites for hydroxylation is 1. The predicted octanol–water partition coefficient (Wildman–Crippen LogP) is 1.44. The van der Waals surface area contributed by atoms with E-state index in [0.29, 0.717) is 18.7 Å². The molecular weight excluding hydrogens is 316 g/mol. The molecule has 1 aliphatic rings. The van der Waals surface area contributed by atoms with E-state index in [2.05, 4.69) is 26.4 Å². The van der Waals surface area contributed by atoms with Crippen LogP contribution in [0.25, 0.3) is 0 Å². The van der Waals surface area contributed by atoms with Crippen LogP contribution >= 0.6 is 0 Å². The van der Waals surface area contributed by atoms with Crippen molar-refractivity contribution in [2.45, 2.75) is 12.6 Å². The van der Waals surface area contributed by atoms with Gasteiger partial charge in [0.2, 0.25) is 0 Å². The van der Waals surface area contributed by atoms with Crippen LogP contribution < -0.4 is 5.32 Å². The third-order valence-corrected chi connectivity index (χ3v) is 4.18. The van der Waals surface area contributed by atoms with Crippen LogP contribution in [0.2, 0.25) is 0 Å². The average molecular weight is 338 g/mol. The van der Waals surface area contributed by atoms with Gasteiger partial charge in [0.25, 0.3) is 0 Å². The first-order valence-electron chi connectivity index (χ1n) is 8.24. The summed E-state index contributed by atoms with van der Waals surface area (Å²) < 4.78 is 7.67. The summed E-state index contributed by atoms with van der Waals surface area (Å²) in [7, 11) is 3.68. The zero-order valence-corrected chi connectivity index (χ0v) is 14.5. The van der Waals surface area contributed by atoms with Gasteiger partial charge in [-0.2, -0.15) is 10.4 Å². The molecule has 1 saturated heterocycles. The van der Waals surface area contributed by atoms with Crippen molar-refractivity contribution < 1.29 is 4.74 Å². The fourth-order valence-corrected chi connectivity index (χ4v) is 2.91. The number of nitrogens with one attached hydrogen (secondary N) is 1. The van der Waals surface area contributed by atoms with E-state index in [4.69, 9.17) is 10.00 Å². The number of ether oxygens (including phenoxy) is 1. The van der Waals surface area contributed by atoms with Crippen molar-refractivity contribution in [3.05, 3.63) is 53.3 Å². The molecule has 0 saturated carbocycles. The Hall–Kier alpha value is -2.85. The molecule has 130 valence electrons.